The predicted octanol–water partition coefficient (Wildman–Crippen LogP) is 0.250. The van der Waals surface area contributed by atoms with Gasteiger partial charge in [-0.1, -0.05) is 5.16 Å². The van der Waals surface area contributed by atoms with Crippen LogP contribution in [-0.2, 0) is 0 Å². The number of primary amides is 1. The third-order valence-electron chi connectivity index (χ3n) is 1.17. The second-order valence-corrected chi connectivity index (χ2v) is 2.15. The highest BCUT2D eigenvalue weighted by molar-refractivity contribution is 5.90. The molecule has 0 saturated carbocycles. The molecule has 72 valence electrons. The molecule has 14 heavy (non-hydrogen) atoms. The molecule has 6 heteroatoms. The zero-order valence-corrected chi connectivity index (χ0v) is 7.20. The Bertz CT molecular complexity index is 333. The monoisotopic (exact) mass is 192 g/mol. The van der Waals surface area contributed by atoms with Crippen LogP contribution in [-0.4, -0.2) is 21.0 Å². The number of nitrogens with zero attached hydrogens (tertiary/aromatic N) is 3. The van der Waals surface area contributed by atoms with Crippen molar-refractivity contribution in [3.8, 4) is 0 Å². The van der Waals surface area contributed by atoms with Gasteiger partial charge in [-0.3, -0.25) is 4.79 Å². The Morgan fingerprint density at radius 1 is 1.36 bits per heavy atom. The van der Waals surface area contributed by atoms with Crippen LogP contribution in [0.3, 0.4) is 0 Å². The van der Waals surface area contributed by atoms with Crippen molar-refractivity contribution in [3.63, 3.8) is 0 Å². The SMILES string of the molecule is NC(=O)c1ccon1.c1cncnc1. The van der Waals surface area contributed by atoms with Gasteiger partial charge in [-0.05, 0) is 6.07 Å². The van der Waals surface area contributed by atoms with E-state index >= 15 is 0 Å². The number of carbonyl (C=O) groups is 1. The molecule has 6 nitrogen and oxygen atoms in total. The summed E-state index contributed by atoms with van der Waals surface area (Å²) in [5.41, 5.74) is 4.95. The molecule has 0 aliphatic carbocycles. The van der Waals surface area contributed by atoms with Crippen LogP contribution < -0.4 is 5.73 Å². The number of nitrogens with two attached hydrogens (primary N) is 1. The Hall–Kier alpha value is -2.24. The maximum atomic E-state index is 10.2. The lowest BCUT2D eigenvalue weighted by molar-refractivity contribution is 0.0991. The van der Waals surface area contributed by atoms with E-state index in [1.54, 1.807) is 18.5 Å². The third kappa shape index (κ3) is 3.44. The molecule has 0 saturated heterocycles. The minimum atomic E-state index is -0.571. The minimum absolute atomic E-state index is 0.157. The molecular weight excluding hydrogens is 184 g/mol. The van der Waals surface area contributed by atoms with Crippen molar-refractivity contribution >= 4 is 5.91 Å². The van der Waals surface area contributed by atoms with E-state index < -0.39 is 5.91 Å². The van der Waals surface area contributed by atoms with Gasteiger partial charge in [0.05, 0.1) is 0 Å². The topological polar surface area (TPSA) is 94.9 Å². The molecule has 2 heterocycles. The van der Waals surface area contributed by atoms with Crippen LogP contribution in [0.15, 0.2) is 41.6 Å². The van der Waals surface area contributed by atoms with E-state index in [0.717, 1.165) is 0 Å². The van der Waals surface area contributed by atoms with Gasteiger partial charge in [0.2, 0.25) is 0 Å². The average Bonchev–Trinajstić information content (AvgIpc) is 2.74. The summed E-state index contributed by atoms with van der Waals surface area (Å²) < 4.78 is 4.32. The van der Waals surface area contributed by atoms with E-state index in [1.165, 1.54) is 18.7 Å². The quantitative estimate of drug-likeness (QED) is 0.698. The lowest BCUT2D eigenvalue weighted by atomic mass is 10.4. The van der Waals surface area contributed by atoms with Crippen molar-refractivity contribution in [3.05, 3.63) is 42.8 Å². The normalized spacial score (nSPS) is 8.57. The van der Waals surface area contributed by atoms with Crippen LogP contribution in [0.5, 0.6) is 0 Å². The van der Waals surface area contributed by atoms with Gasteiger partial charge < -0.3 is 10.3 Å². The number of aromatic nitrogens is 3. The molecule has 0 radical (unpaired) electrons. The van der Waals surface area contributed by atoms with E-state index in [2.05, 4.69) is 19.6 Å². The van der Waals surface area contributed by atoms with Gasteiger partial charge in [0.25, 0.3) is 5.91 Å². The summed E-state index contributed by atoms with van der Waals surface area (Å²) in [5, 5.41) is 3.27. The average molecular weight is 192 g/mol. The fraction of sp³-hybridized carbons (Fsp3) is 0. The molecule has 1 amide bonds. The lowest BCUT2D eigenvalue weighted by Crippen LogP contribution is -2.10. The van der Waals surface area contributed by atoms with Crippen LogP contribution in [0.2, 0.25) is 0 Å². The number of rotatable bonds is 1. The molecular formula is C8H8N4O2. The van der Waals surface area contributed by atoms with Crippen LogP contribution in [0.1, 0.15) is 10.5 Å². The van der Waals surface area contributed by atoms with Gasteiger partial charge in [0, 0.05) is 18.5 Å². The largest absolute Gasteiger partial charge is 0.364 e. The Kier molecular flexibility index (Phi) is 3.81. The fourth-order valence-electron chi connectivity index (χ4n) is 0.593. The summed E-state index contributed by atoms with van der Waals surface area (Å²) in [6.45, 7) is 0. The van der Waals surface area contributed by atoms with Crippen LogP contribution >= 0.6 is 0 Å². The molecule has 0 bridgehead atoms. The first-order valence-corrected chi connectivity index (χ1v) is 3.71. The second kappa shape index (κ2) is 5.41. The van der Waals surface area contributed by atoms with Crippen molar-refractivity contribution in [2.24, 2.45) is 5.73 Å². The van der Waals surface area contributed by atoms with Gasteiger partial charge in [0.1, 0.15) is 12.6 Å². The van der Waals surface area contributed by atoms with E-state index in [0.29, 0.717) is 0 Å². The Morgan fingerprint density at radius 2 is 2.07 bits per heavy atom. The number of amides is 1. The highest BCUT2D eigenvalue weighted by atomic mass is 16.5. The van der Waals surface area contributed by atoms with Gasteiger partial charge >= 0.3 is 0 Å². The molecule has 2 aromatic heterocycles. The van der Waals surface area contributed by atoms with E-state index in [1.807, 2.05) is 0 Å². The van der Waals surface area contributed by atoms with Crippen molar-refractivity contribution in [2.75, 3.05) is 0 Å². The molecule has 0 unspecified atom stereocenters. The first kappa shape index (κ1) is 9.85. The van der Waals surface area contributed by atoms with E-state index in [-0.39, 0.29) is 5.69 Å². The molecule has 2 aromatic rings. The molecule has 0 fully saturated rings. The summed E-state index contributed by atoms with van der Waals surface area (Å²) in [7, 11) is 0. The predicted molar refractivity (Wildman–Crippen MR) is 47.1 cm³/mol. The molecule has 0 aromatic carbocycles. The maximum absolute atomic E-state index is 10.2. The lowest BCUT2D eigenvalue weighted by Gasteiger charge is -1.77. The third-order valence-corrected chi connectivity index (χ3v) is 1.17. The fourth-order valence-corrected chi connectivity index (χ4v) is 0.593. The zero-order chi connectivity index (χ0) is 10.2. The van der Waals surface area contributed by atoms with E-state index in [4.69, 9.17) is 5.73 Å². The first-order chi connectivity index (χ1) is 6.80. The molecule has 0 aliphatic rings. The maximum Gasteiger partial charge on any atom is 0.270 e. The Balaban J connectivity index is 0.000000146. The van der Waals surface area contributed by atoms with Crippen LogP contribution in [0.4, 0.5) is 0 Å². The van der Waals surface area contributed by atoms with Crippen molar-refractivity contribution < 1.29 is 9.32 Å². The van der Waals surface area contributed by atoms with Crippen molar-refractivity contribution in [1.29, 1.82) is 0 Å². The minimum Gasteiger partial charge on any atom is -0.364 e. The smallest absolute Gasteiger partial charge is 0.270 e. The van der Waals surface area contributed by atoms with Gasteiger partial charge in [-0.25, -0.2) is 9.97 Å². The van der Waals surface area contributed by atoms with E-state index in [9.17, 15) is 4.79 Å². The van der Waals surface area contributed by atoms with Gasteiger partial charge in [-0.15, -0.1) is 0 Å². The van der Waals surface area contributed by atoms with Crippen LogP contribution in [0, 0.1) is 0 Å². The highest BCUT2D eigenvalue weighted by Gasteiger charge is 2.00. The van der Waals surface area contributed by atoms with Crippen molar-refractivity contribution in [2.45, 2.75) is 0 Å². The molecule has 0 aliphatic heterocycles. The van der Waals surface area contributed by atoms with Gasteiger partial charge in [-0.2, -0.15) is 0 Å². The molecule has 2 rings (SSSR count). The van der Waals surface area contributed by atoms with Crippen LogP contribution in [0.25, 0.3) is 0 Å². The number of hydrogen-bond donors (Lipinski definition) is 1. The zero-order valence-electron chi connectivity index (χ0n) is 7.20. The molecule has 2 N–H and O–H groups in total. The van der Waals surface area contributed by atoms with Crippen molar-refractivity contribution in [1.82, 2.24) is 15.1 Å². The summed E-state index contributed by atoms with van der Waals surface area (Å²) in [5.74, 6) is -0.571. The summed E-state index contributed by atoms with van der Waals surface area (Å²) in [6, 6.07) is 3.18. The Morgan fingerprint density at radius 3 is 2.29 bits per heavy atom. The highest BCUT2D eigenvalue weighted by Crippen LogP contribution is 1.89. The van der Waals surface area contributed by atoms with Gasteiger partial charge in [0.15, 0.2) is 5.69 Å². The molecule has 0 spiro atoms. The molecule has 0 atom stereocenters. The first-order valence-electron chi connectivity index (χ1n) is 3.71. The summed E-state index contributed by atoms with van der Waals surface area (Å²) in [4.78, 5) is 17.5. The standard InChI is InChI=1S/C4H4N2O2.C4H4N2/c5-4(7)3-1-2-8-6-3;1-2-5-4-6-3-1/h1-2H,(H2,5,7);1-4H. The number of carbonyl (C=O) groups excluding carboxylic acids is 1. The summed E-state index contributed by atoms with van der Waals surface area (Å²) >= 11 is 0. The number of hydrogen-bond acceptors (Lipinski definition) is 5. The summed E-state index contributed by atoms with van der Waals surface area (Å²) in [6.07, 6.45) is 6.17. The Labute approximate surface area is 79.8 Å². The second-order valence-electron chi connectivity index (χ2n) is 2.15.